The fraction of sp³-hybridized carbons (Fsp3) is 0.214. The number of piperazine rings is 1. The summed E-state index contributed by atoms with van der Waals surface area (Å²) < 4.78 is 32.8. The van der Waals surface area contributed by atoms with E-state index in [-0.39, 0.29) is 22.6 Å². The number of nitrogens with zero attached hydrogens (tertiary/aromatic N) is 6. The molecule has 0 unspecified atom stereocenters. The van der Waals surface area contributed by atoms with Crippen LogP contribution >= 0.6 is 22.9 Å². The molecule has 0 bridgehead atoms. The van der Waals surface area contributed by atoms with Crippen LogP contribution in [0.2, 0.25) is 5.02 Å². The molecule has 2 aromatic carbocycles. The molecule has 9 nitrogen and oxygen atoms in total. The van der Waals surface area contributed by atoms with E-state index in [0.29, 0.717) is 20.7 Å². The molecule has 0 atom stereocenters. The molecule has 5 aromatic rings. The van der Waals surface area contributed by atoms with Gasteiger partial charge < -0.3 is 19.9 Å². The third-order valence-corrected chi connectivity index (χ3v) is 8.03. The van der Waals surface area contributed by atoms with Gasteiger partial charge in [0.05, 0.1) is 6.20 Å². The Balaban J connectivity index is 1.38. The lowest BCUT2D eigenvalue weighted by atomic mass is 10.1. The molecule has 1 saturated heterocycles. The minimum Gasteiger partial charge on any atom is -0.434 e. The number of hydrogen-bond donors (Lipinski definition) is 1. The average molecular weight is 596 g/mol. The predicted molar refractivity (Wildman–Crippen MR) is 155 cm³/mol. The Morgan fingerprint density at radius 3 is 2.66 bits per heavy atom. The van der Waals surface area contributed by atoms with E-state index in [9.17, 15) is 13.6 Å². The number of benzene rings is 2. The fourth-order valence-corrected chi connectivity index (χ4v) is 5.79. The Morgan fingerprint density at radius 2 is 1.90 bits per heavy atom. The van der Waals surface area contributed by atoms with Crippen LogP contribution in [-0.4, -0.2) is 70.2 Å². The van der Waals surface area contributed by atoms with E-state index in [1.165, 1.54) is 40.2 Å². The molecule has 1 fully saturated rings. The zero-order valence-electron chi connectivity index (χ0n) is 21.8. The maximum atomic E-state index is 13.4. The van der Waals surface area contributed by atoms with E-state index in [4.69, 9.17) is 21.3 Å². The summed E-state index contributed by atoms with van der Waals surface area (Å²) in [6.45, 7) is 0.802. The molecule has 1 N–H and O–H groups in total. The highest BCUT2D eigenvalue weighted by molar-refractivity contribution is 7.19. The van der Waals surface area contributed by atoms with Crippen molar-refractivity contribution in [3.8, 4) is 27.6 Å². The van der Waals surface area contributed by atoms with Crippen LogP contribution in [0, 0.1) is 0 Å². The second kappa shape index (κ2) is 11.4. The van der Waals surface area contributed by atoms with Gasteiger partial charge >= 0.3 is 6.61 Å². The first-order chi connectivity index (χ1) is 19.9. The number of ether oxygens (including phenoxy) is 1. The smallest absolute Gasteiger partial charge is 0.387 e. The largest absolute Gasteiger partial charge is 0.434 e. The lowest BCUT2D eigenvalue weighted by Gasteiger charge is -2.34. The van der Waals surface area contributed by atoms with Crippen LogP contribution in [-0.2, 0) is 0 Å². The van der Waals surface area contributed by atoms with E-state index in [2.05, 4.69) is 32.2 Å². The van der Waals surface area contributed by atoms with Gasteiger partial charge in [0, 0.05) is 60.4 Å². The highest BCUT2D eigenvalue weighted by Crippen LogP contribution is 2.43. The van der Waals surface area contributed by atoms with E-state index in [0.717, 1.165) is 37.4 Å². The van der Waals surface area contributed by atoms with Gasteiger partial charge in [-0.3, -0.25) is 4.79 Å². The summed E-state index contributed by atoms with van der Waals surface area (Å²) in [6, 6.07) is 14.0. The number of thiazole rings is 1. The zero-order chi connectivity index (χ0) is 28.5. The van der Waals surface area contributed by atoms with Crippen LogP contribution in [0.1, 0.15) is 10.4 Å². The molecular formula is C28H24ClF2N7O2S. The van der Waals surface area contributed by atoms with Gasteiger partial charge in [-0.1, -0.05) is 22.9 Å². The van der Waals surface area contributed by atoms with Crippen molar-refractivity contribution in [1.29, 1.82) is 0 Å². The number of aromatic nitrogens is 4. The van der Waals surface area contributed by atoms with Crippen molar-refractivity contribution >= 4 is 45.2 Å². The Kier molecular flexibility index (Phi) is 7.52. The van der Waals surface area contributed by atoms with Crippen molar-refractivity contribution in [1.82, 2.24) is 24.5 Å². The molecule has 3 aromatic heterocycles. The number of hydrogen-bond acceptors (Lipinski definition) is 8. The monoisotopic (exact) mass is 595 g/mol. The second-order valence-electron chi connectivity index (χ2n) is 9.45. The van der Waals surface area contributed by atoms with Gasteiger partial charge in [0.25, 0.3) is 5.91 Å². The quantitative estimate of drug-likeness (QED) is 0.255. The number of carbonyl (C=O) groups excluding carboxylic acids is 1. The first-order valence-corrected chi connectivity index (χ1v) is 13.9. The maximum Gasteiger partial charge on any atom is 0.387 e. The third kappa shape index (κ3) is 5.71. The molecule has 0 saturated carbocycles. The number of amides is 1. The minimum absolute atomic E-state index is 0.111. The van der Waals surface area contributed by atoms with Crippen LogP contribution in [0.15, 0.2) is 67.1 Å². The van der Waals surface area contributed by atoms with Crippen molar-refractivity contribution in [2.45, 2.75) is 6.61 Å². The molecule has 13 heteroatoms. The van der Waals surface area contributed by atoms with Crippen molar-refractivity contribution in [3.05, 3.63) is 77.7 Å². The van der Waals surface area contributed by atoms with E-state index in [1.54, 1.807) is 18.5 Å². The van der Waals surface area contributed by atoms with Crippen molar-refractivity contribution in [3.63, 3.8) is 0 Å². The topological polar surface area (TPSA) is 87.9 Å². The van der Waals surface area contributed by atoms with Gasteiger partial charge in [-0.15, -0.1) is 0 Å². The molecule has 1 amide bonds. The fourth-order valence-electron chi connectivity index (χ4n) is 4.63. The lowest BCUT2D eigenvalue weighted by molar-refractivity contribution is -0.0494. The van der Waals surface area contributed by atoms with Gasteiger partial charge in [-0.2, -0.15) is 13.9 Å². The minimum atomic E-state index is -3.06. The molecule has 0 spiro atoms. The molecule has 6 rings (SSSR count). The Bertz CT molecular complexity index is 1700. The molecule has 0 aliphatic carbocycles. The first-order valence-electron chi connectivity index (χ1n) is 12.7. The van der Waals surface area contributed by atoms with Crippen molar-refractivity contribution < 1.29 is 18.3 Å². The number of carbonyl (C=O) groups is 1. The third-order valence-electron chi connectivity index (χ3n) is 6.77. The number of alkyl halides is 2. The van der Waals surface area contributed by atoms with Crippen LogP contribution in [0.25, 0.3) is 27.5 Å². The van der Waals surface area contributed by atoms with E-state index >= 15 is 0 Å². The second-order valence-corrected chi connectivity index (χ2v) is 10.9. The summed E-state index contributed by atoms with van der Waals surface area (Å²) in [7, 11) is 2.11. The number of likely N-dealkylation sites (N-methyl/N-ethyl adjacent to an activating group) is 1. The first kappa shape index (κ1) is 27.1. The van der Waals surface area contributed by atoms with Crippen LogP contribution in [0.4, 0.5) is 19.5 Å². The molecule has 41 heavy (non-hydrogen) atoms. The number of nitrogens with one attached hydrogen (secondary N) is 1. The predicted octanol–water partition coefficient (Wildman–Crippen LogP) is 5.78. The van der Waals surface area contributed by atoms with Gasteiger partial charge in [0.1, 0.15) is 27.0 Å². The summed E-state index contributed by atoms with van der Waals surface area (Å²) >= 11 is 7.47. The summed E-state index contributed by atoms with van der Waals surface area (Å²) in [5, 5.41) is 8.29. The SMILES string of the molecule is CN1CCN(c2ccc(-c3nc(-c4cc(Cl)ccc4OC(F)F)c(NC(=O)c4cnn5cccnc45)s3)cc2)CC1. The van der Waals surface area contributed by atoms with Gasteiger partial charge in [-0.05, 0) is 55.6 Å². The standard InChI is InChI=1S/C28H24ClF2N7O2S/c1-36-11-13-37(14-12-36)19-6-3-17(4-7-19)26-34-23(20-15-18(29)5-8-22(20)40-28(30)31)27(41-26)35-25(39)21-16-33-38-10-2-9-32-24(21)38/h2-10,15-16,28H,11-14H2,1H3,(H,35,39). The molecule has 0 radical (unpaired) electrons. The van der Waals surface area contributed by atoms with Gasteiger partial charge in [-0.25, -0.2) is 14.5 Å². The summed E-state index contributed by atoms with van der Waals surface area (Å²) in [5.41, 5.74) is 3.02. The molecule has 210 valence electrons. The Morgan fingerprint density at radius 1 is 1.12 bits per heavy atom. The van der Waals surface area contributed by atoms with E-state index < -0.39 is 12.5 Å². The van der Waals surface area contributed by atoms with Crippen LogP contribution in [0.3, 0.4) is 0 Å². The number of fused-ring (bicyclic) bond motifs is 1. The molecule has 4 heterocycles. The Labute approximate surface area is 243 Å². The number of anilines is 2. The Hall–Kier alpha value is -4.13. The summed E-state index contributed by atoms with van der Waals surface area (Å²) in [6.07, 6.45) is 4.66. The number of halogens is 3. The van der Waals surface area contributed by atoms with Gasteiger partial charge in [0.2, 0.25) is 0 Å². The van der Waals surface area contributed by atoms with Crippen molar-refractivity contribution in [2.75, 3.05) is 43.4 Å². The molecule has 1 aliphatic rings. The van der Waals surface area contributed by atoms with Gasteiger partial charge in [0.15, 0.2) is 5.65 Å². The highest BCUT2D eigenvalue weighted by atomic mass is 35.5. The molecule has 1 aliphatic heterocycles. The lowest BCUT2D eigenvalue weighted by Crippen LogP contribution is -2.44. The maximum absolute atomic E-state index is 13.4. The molecular weight excluding hydrogens is 572 g/mol. The number of rotatable bonds is 7. The zero-order valence-corrected chi connectivity index (χ0v) is 23.4. The normalized spacial score (nSPS) is 14.1. The van der Waals surface area contributed by atoms with Crippen LogP contribution in [0.5, 0.6) is 5.75 Å². The average Bonchev–Trinajstić information content (AvgIpc) is 3.59. The van der Waals surface area contributed by atoms with E-state index in [1.807, 2.05) is 24.3 Å². The summed E-state index contributed by atoms with van der Waals surface area (Å²) in [4.78, 5) is 27.0. The summed E-state index contributed by atoms with van der Waals surface area (Å²) in [5.74, 6) is -0.585. The highest BCUT2D eigenvalue weighted by Gasteiger charge is 2.24. The van der Waals surface area contributed by atoms with Crippen LogP contribution < -0.4 is 15.0 Å². The van der Waals surface area contributed by atoms with Crippen molar-refractivity contribution in [2.24, 2.45) is 0 Å².